The second kappa shape index (κ2) is 14.9. The highest BCUT2D eigenvalue weighted by molar-refractivity contribution is 7.26. The Morgan fingerprint density at radius 3 is 1.55 bits per heavy atom. The van der Waals surface area contributed by atoms with Crippen LogP contribution in [-0.2, 0) is 0 Å². The molecule has 0 fully saturated rings. The van der Waals surface area contributed by atoms with E-state index in [1.165, 1.54) is 42.1 Å². The maximum atomic E-state index is 8.74. The average molecular weight is 814 g/mol. The number of hydrogen-bond donors (Lipinski definition) is 0. The SMILES string of the molecule is [2H]c1c([2H])c([2H])c(-c2nc(-c3ccccc3)nc(-c3cccc(-c4cccc(-c5cc(-n6c7ccccc7c7ccccc76)cc6c5sc5c(-c7ccccc7)cccc56)c4)c3)n2)c([2H])c1[2H]. The first-order chi connectivity index (χ1) is 32.8. The molecule has 290 valence electrons. The summed E-state index contributed by atoms with van der Waals surface area (Å²) in [6, 6.07) is 63.0. The molecule has 0 radical (unpaired) electrons. The molecule has 12 rings (SSSR count). The van der Waals surface area contributed by atoms with E-state index in [0.29, 0.717) is 22.8 Å². The van der Waals surface area contributed by atoms with Gasteiger partial charge in [-0.2, -0.15) is 0 Å². The Kier molecular flexibility index (Phi) is 7.46. The molecular formula is C57H36N4S. The van der Waals surface area contributed by atoms with Crippen LogP contribution in [0.25, 0.3) is 115 Å². The van der Waals surface area contributed by atoms with E-state index in [1.54, 1.807) is 0 Å². The zero-order valence-corrected chi connectivity index (χ0v) is 33.9. The van der Waals surface area contributed by atoms with Crippen molar-refractivity contribution in [3.05, 3.63) is 218 Å². The van der Waals surface area contributed by atoms with Crippen LogP contribution >= 0.6 is 11.3 Å². The van der Waals surface area contributed by atoms with Gasteiger partial charge in [-0.15, -0.1) is 11.3 Å². The summed E-state index contributed by atoms with van der Waals surface area (Å²) in [5.41, 5.74) is 11.2. The summed E-state index contributed by atoms with van der Waals surface area (Å²) in [6.45, 7) is 0. The maximum Gasteiger partial charge on any atom is 0.164 e. The highest BCUT2D eigenvalue weighted by atomic mass is 32.1. The summed E-state index contributed by atoms with van der Waals surface area (Å²) in [4.78, 5) is 14.4. The minimum atomic E-state index is -0.477. The van der Waals surface area contributed by atoms with Gasteiger partial charge in [0.25, 0.3) is 0 Å². The largest absolute Gasteiger partial charge is 0.309 e. The number of nitrogens with zero attached hydrogens (tertiary/aromatic N) is 4. The quantitative estimate of drug-likeness (QED) is 0.161. The van der Waals surface area contributed by atoms with E-state index in [4.69, 9.17) is 16.8 Å². The first-order valence-corrected chi connectivity index (χ1v) is 21.3. The van der Waals surface area contributed by atoms with Gasteiger partial charge in [-0.3, -0.25) is 0 Å². The Labute approximate surface area is 369 Å². The molecule has 0 amide bonds. The standard InChI is InChI=1S/C57H36N4S/c1-4-17-37(18-5-1)45-29-16-30-48-50-36-44(61-51-31-12-10-27-46(51)47-28-11-13-32-52(47)61)35-49(54(50)62-53(45)48)42-25-14-23-40(33-42)41-24-15-26-43(34-41)57-59-55(38-19-6-2-7-20-38)58-56(60-57)39-21-8-3-9-22-39/h1-36H/i2D,6D,7D,19D,20D. The number of thiophene rings is 1. The zero-order valence-electron chi connectivity index (χ0n) is 38.1. The van der Waals surface area contributed by atoms with Crippen LogP contribution in [0.5, 0.6) is 0 Å². The summed E-state index contributed by atoms with van der Waals surface area (Å²) in [5, 5.41) is 4.82. The molecule has 4 nitrogen and oxygen atoms in total. The first kappa shape index (κ1) is 31.0. The third-order valence-electron chi connectivity index (χ3n) is 11.5. The van der Waals surface area contributed by atoms with Crippen LogP contribution in [0, 0.1) is 0 Å². The molecule has 0 saturated carbocycles. The van der Waals surface area contributed by atoms with Gasteiger partial charge in [0.2, 0.25) is 0 Å². The Morgan fingerprint density at radius 2 is 0.855 bits per heavy atom. The molecule has 0 atom stereocenters. The summed E-state index contributed by atoms with van der Waals surface area (Å²) < 4.78 is 47.3. The van der Waals surface area contributed by atoms with Crippen molar-refractivity contribution >= 4 is 53.3 Å². The fourth-order valence-electron chi connectivity index (χ4n) is 8.67. The van der Waals surface area contributed by atoms with Crippen molar-refractivity contribution < 1.29 is 6.85 Å². The average Bonchev–Trinajstić information content (AvgIpc) is 3.94. The lowest BCUT2D eigenvalue weighted by molar-refractivity contribution is 1.07. The second-order valence-corrected chi connectivity index (χ2v) is 16.2. The number of benzene rings is 9. The molecule has 0 bridgehead atoms. The first-order valence-electron chi connectivity index (χ1n) is 22.9. The number of hydrogen-bond acceptors (Lipinski definition) is 4. The van der Waals surface area contributed by atoms with Crippen LogP contribution in [0.2, 0.25) is 0 Å². The predicted octanol–water partition coefficient (Wildman–Crippen LogP) is 15.3. The van der Waals surface area contributed by atoms with Crippen LogP contribution in [0.4, 0.5) is 0 Å². The summed E-state index contributed by atoms with van der Waals surface area (Å²) in [7, 11) is 0. The van der Waals surface area contributed by atoms with E-state index in [2.05, 4.69) is 149 Å². The summed E-state index contributed by atoms with van der Waals surface area (Å²) in [5.74, 6) is 0.638. The number of rotatable bonds is 7. The van der Waals surface area contributed by atoms with E-state index in [-0.39, 0.29) is 23.5 Å². The molecule has 12 aromatic rings. The molecule has 0 unspecified atom stereocenters. The topological polar surface area (TPSA) is 43.6 Å². The monoisotopic (exact) mass is 813 g/mol. The van der Waals surface area contributed by atoms with Gasteiger partial charge >= 0.3 is 0 Å². The molecule has 0 spiro atoms. The molecule has 0 aliphatic heterocycles. The Hall–Kier alpha value is -7.99. The van der Waals surface area contributed by atoms with Gasteiger partial charge in [0.1, 0.15) is 0 Å². The zero-order chi connectivity index (χ0) is 45.3. The van der Waals surface area contributed by atoms with Crippen molar-refractivity contribution in [2.45, 2.75) is 0 Å². The summed E-state index contributed by atoms with van der Waals surface area (Å²) in [6.07, 6.45) is 0. The number of para-hydroxylation sites is 2. The van der Waals surface area contributed by atoms with Gasteiger partial charge in [0.15, 0.2) is 17.5 Å². The normalized spacial score (nSPS) is 12.7. The lowest BCUT2D eigenvalue weighted by Crippen LogP contribution is -2.00. The van der Waals surface area contributed by atoms with Crippen molar-refractivity contribution in [3.63, 3.8) is 0 Å². The van der Waals surface area contributed by atoms with Gasteiger partial charge in [-0.05, 0) is 64.2 Å². The van der Waals surface area contributed by atoms with Crippen molar-refractivity contribution in [2.75, 3.05) is 0 Å². The van der Waals surface area contributed by atoms with Crippen LogP contribution < -0.4 is 0 Å². The lowest BCUT2D eigenvalue weighted by Gasteiger charge is -2.13. The van der Waals surface area contributed by atoms with Crippen LogP contribution in [0.15, 0.2) is 218 Å². The fourth-order valence-corrected chi connectivity index (χ4v) is 10.0. The highest BCUT2D eigenvalue weighted by Gasteiger charge is 2.20. The molecule has 62 heavy (non-hydrogen) atoms. The van der Waals surface area contributed by atoms with Crippen LogP contribution in [-0.4, -0.2) is 19.5 Å². The van der Waals surface area contributed by atoms with E-state index >= 15 is 0 Å². The third-order valence-corrected chi connectivity index (χ3v) is 12.8. The van der Waals surface area contributed by atoms with Crippen LogP contribution in [0.1, 0.15) is 6.85 Å². The molecule has 0 N–H and O–H groups in total. The lowest BCUT2D eigenvalue weighted by atomic mass is 9.96. The minimum absolute atomic E-state index is 0.000780. The van der Waals surface area contributed by atoms with E-state index < -0.39 is 18.1 Å². The van der Waals surface area contributed by atoms with Gasteiger partial charge in [-0.1, -0.05) is 182 Å². The molecule has 5 heteroatoms. The minimum Gasteiger partial charge on any atom is -0.309 e. The van der Waals surface area contributed by atoms with Crippen molar-refractivity contribution in [1.82, 2.24) is 19.5 Å². The maximum absolute atomic E-state index is 8.74. The third kappa shape index (κ3) is 6.18. The Balaban J connectivity index is 1.04. The van der Waals surface area contributed by atoms with Gasteiger partial charge < -0.3 is 4.57 Å². The Bertz CT molecular complexity index is 3860. The predicted molar refractivity (Wildman–Crippen MR) is 260 cm³/mol. The smallest absolute Gasteiger partial charge is 0.164 e. The Morgan fingerprint density at radius 1 is 0.355 bits per heavy atom. The highest BCUT2D eigenvalue weighted by Crippen LogP contribution is 2.46. The van der Waals surface area contributed by atoms with Gasteiger partial charge in [-0.25, -0.2) is 15.0 Å². The number of aromatic nitrogens is 4. The number of fused-ring (bicyclic) bond motifs is 6. The van der Waals surface area contributed by atoms with E-state index in [0.717, 1.165) is 39.0 Å². The molecule has 0 aliphatic carbocycles. The molecule has 3 aromatic heterocycles. The van der Waals surface area contributed by atoms with Crippen molar-refractivity contribution in [2.24, 2.45) is 0 Å². The molecule has 9 aromatic carbocycles. The molecule has 0 aliphatic rings. The van der Waals surface area contributed by atoms with E-state index in [1.807, 2.05) is 59.9 Å². The molecular weight excluding hydrogens is 773 g/mol. The second-order valence-electron chi connectivity index (χ2n) is 15.2. The summed E-state index contributed by atoms with van der Waals surface area (Å²) >= 11 is 1.83. The van der Waals surface area contributed by atoms with E-state index in [9.17, 15) is 0 Å². The molecule has 3 heterocycles. The molecule has 0 saturated heterocycles. The fraction of sp³-hybridized carbons (Fsp3) is 0. The van der Waals surface area contributed by atoms with Crippen molar-refractivity contribution in [3.8, 4) is 73.2 Å². The van der Waals surface area contributed by atoms with Crippen LogP contribution in [0.3, 0.4) is 0 Å². The van der Waals surface area contributed by atoms with Gasteiger partial charge in [0, 0.05) is 58.9 Å². The van der Waals surface area contributed by atoms with Crippen molar-refractivity contribution in [1.29, 1.82) is 0 Å². The van der Waals surface area contributed by atoms with Gasteiger partial charge in [0.05, 0.1) is 17.9 Å².